The molecule has 0 aliphatic heterocycles. The molecular formula is C19H23N5. The molecule has 1 atom stereocenters. The lowest BCUT2D eigenvalue weighted by Crippen LogP contribution is -2.24. The maximum absolute atomic E-state index is 5.46. The Morgan fingerprint density at radius 2 is 1.88 bits per heavy atom. The number of rotatable bonds is 2. The number of aromatic nitrogens is 1. The first-order chi connectivity index (χ1) is 11.5. The van der Waals surface area contributed by atoms with Gasteiger partial charge in [0, 0.05) is 11.8 Å². The van der Waals surface area contributed by atoms with Crippen LogP contribution in [-0.4, -0.2) is 16.7 Å². The summed E-state index contributed by atoms with van der Waals surface area (Å²) >= 11 is 0. The predicted octanol–water partition coefficient (Wildman–Crippen LogP) is 2.71. The number of nitrogens with two attached hydrogens (primary N) is 2. The highest BCUT2D eigenvalue weighted by Crippen LogP contribution is 2.35. The summed E-state index contributed by atoms with van der Waals surface area (Å²) in [5, 5.41) is 8.22. The summed E-state index contributed by atoms with van der Waals surface area (Å²) in [6.45, 7) is 6.35. The topological polar surface area (TPSA) is 89.6 Å². The Labute approximate surface area is 142 Å². The first kappa shape index (κ1) is 16.2. The van der Waals surface area contributed by atoms with Crippen LogP contribution >= 0.6 is 0 Å². The van der Waals surface area contributed by atoms with Crippen LogP contribution in [0.25, 0.3) is 0 Å². The Balaban J connectivity index is 2.10. The average Bonchev–Trinajstić information content (AvgIpc) is 2.54. The van der Waals surface area contributed by atoms with E-state index in [9.17, 15) is 0 Å². The van der Waals surface area contributed by atoms with Crippen LogP contribution in [0.3, 0.4) is 0 Å². The molecule has 0 radical (unpaired) electrons. The van der Waals surface area contributed by atoms with Crippen LogP contribution in [0.1, 0.15) is 45.8 Å². The van der Waals surface area contributed by atoms with E-state index in [0.717, 1.165) is 35.4 Å². The van der Waals surface area contributed by atoms with E-state index in [1.54, 1.807) is 0 Å². The van der Waals surface area contributed by atoms with Crippen LogP contribution in [0.5, 0.6) is 0 Å². The fraction of sp³-hybridized carbons (Fsp3) is 0.316. The van der Waals surface area contributed by atoms with Crippen molar-refractivity contribution in [1.82, 2.24) is 4.98 Å². The SMILES string of the molecule is Cc1ccc(C)c(C2CC(=NN=C(N)N)c3c(C)ccnc3C2)c1. The van der Waals surface area contributed by atoms with Crippen LogP contribution < -0.4 is 11.5 Å². The first-order valence-corrected chi connectivity index (χ1v) is 8.13. The molecule has 1 aromatic carbocycles. The quantitative estimate of drug-likeness (QED) is 0.506. The Kier molecular flexibility index (Phi) is 4.34. The molecule has 0 spiro atoms. The Bertz CT molecular complexity index is 832. The van der Waals surface area contributed by atoms with Crippen LogP contribution in [0.15, 0.2) is 40.7 Å². The number of hydrogen-bond donors (Lipinski definition) is 2. The van der Waals surface area contributed by atoms with Crippen molar-refractivity contribution in [2.24, 2.45) is 21.7 Å². The molecule has 0 amide bonds. The molecule has 1 aromatic heterocycles. The van der Waals surface area contributed by atoms with Gasteiger partial charge in [-0.15, -0.1) is 5.10 Å². The molecule has 5 nitrogen and oxygen atoms in total. The van der Waals surface area contributed by atoms with Crippen molar-refractivity contribution in [2.45, 2.75) is 39.5 Å². The Morgan fingerprint density at radius 3 is 2.62 bits per heavy atom. The maximum atomic E-state index is 5.46. The van der Waals surface area contributed by atoms with Gasteiger partial charge in [-0.25, -0.2) is 0 Å². The summed E-state index contributed by atoms with van der Waals surface area (Å²) in [5.74, 6) is 0.305. The van der Waals surface area contributed by atoms with Crippen LogP contribution in [0, 0.1) is 20.8 Å². The summed E-state index contributed by atoms with van der Waals surface area (Å²) < 4.78 is 0. The Hall–Kier alpha value is -2.69. The molecule has 0 saturated heterocycles. The normalized spacial score (nSPS) is 18.3. The summed E-state index contributed by atoms with van der Waals surface area (Å²) in [5.41, 5.74) is 19.0. The number of benzene rings is 1. The van der Waals surface area contributed by atoms with Gasteiger partial charge in [-0.1, -0.05) is 23.8 Å². The highest BCUT2D eigenvalue weighted by molar-refractivity contribution is 6.04. The van der Waals surface area contributed by atoms with Gasteiger partial charge in [0.15, 0.2) is 0 Å². The van der Waals surface area contributed by atoms with E-state index in [2.05, 4.69) is 54.2 Å². The number of nitrogens with zero attached hydrogens (tertiary/aromatic N) is 3. The van der Waals surface area contributed by atoms with Gasteiger partial charge < -0.3 is 11.5 Å². The summed E-state index contributed by atoms with van der Waals surface area (Å²) in [6.07, 6.45) is 3.57. The van der Waals surface area contributed by atoms with Crippen molar-refractivity contribution in [3.8, 4) is 0 Å². The highest BCUT2D eigenvalue weighted by Gasteiger charge is 2.28. The number of fused-ring (bicyclic) bond motifs is 1. The largest absolute Gasteiger partial charge is 0.369 e. The van der Waals surface area contributed by atoms with Crippen molar-refractivity contribution in [3.05, 3.63) is 64.0 Å². The summed E-state index contributed by atoms with van der Waals surface area (Å²) in [4.78, 5) is 4.59. The third-order valence-electron chi connectivity index (χ3n) is 4.57. The molecule has 1 aliphatic rings. The van der Waals surface area contributed by atoms with E-state index < -0.39 is 0 Å². The molecule has 2 aromatic rings. The van der Waals surface area contributed by atoms with Crippen LogP contribution in [0.2, 0.25) is 0 Å². The van der Waals surface area contributed by atoms with Gasteiger partial charge in [-0.2, -0.15) is 5.10 Å². The van der Waals surface area contributed by atoms with Gasteiger partial charge in [0.1, 0.15) is 0 Å². The summed E-state index contributed by atoms with van der Waals surface area (Å²) in [6, 6.07) is 8.59. The zero-order valence-corrected chi connectivity index (χ0v) is 14.4. The van der Waals surface area contributed by atoms with E-state index in [0.29, 0.717) is 5.92 Å². The van der Waals surface area contributed by atoms with Crippen molar-refractivity contribution < 1.29 is 0 Å². The Morgan fingerprint density at radius 1 is 1.08 bits per heavy atom. The van der Waals surface area contributed by atoms with Gasteiger partial charge in [0.05, 0.1) is 11.4 Å². The van der Waals surface area contributed by atoms with Crippen molar-refractivity contribution in [3.63, 3.8) is 0 Å². The molecular weight excluding hydrogens is 298 g/mol. The third-order valence-corrected chi connectivity index (χ3v) is 4.57. The van der Waals surface area contributed by atoms with Gasteiger partial charge in [-0.3, -0.25) is 4.98 Å². The number of aryl methyl sites for hydroxylation is 3. The molecule has 5 heteroatoms. The molecule has 0 bridgehead atoms. The number of guanidine groups is 1. The fourth-order valence-corrected chi connectivity index (χ4v) is 3.43. The zero-order valence-electron chi connectivity index (χ0n) is 14.4. The average molecular weight is 321 g/mol. The van der Waals surface area contributed by atoms with E-state index in [1.165, 1.54) is 16.7 Å². The molecule has 4 N–H and O–H groups in total. The predicted molar refractivity (Wildman–Crippen MR) is 98.3 cm³/mol. The van der Waals surface area contributed by atoms with Gasteiger partial charge in [0.2, 0.25) is 5.96 Å². The smallest absolute Gasteiger partial charge is 0.211 e. The third kappa shape index (κ3) is 3.15. The van der Waals surface area contributed by atoms with E-state index in [1.807, 2.05) is 12.3 Å². The molecule has 124 valence electrons. The lowest BCUT2D eigenvalue weighted by atomic mass is 9.78. The molecule has 0 fully saturated rings. The first-order valence-electron chi connectivity index (χ1n) is 8.13. The molecule has 1 heterocycles. The monoisotopic (exact) mass is 321 g/mol. The van der Waals surface area contributed by atoms with Crippen molar-refractivity contribution >= 4 is 11.7 Å². The van der Waals surface area contributed by atoms with Crippen molar-refractivity contribution in [2.75, 3.05) is 0 Å². The van der Waals surface area contributed by atoms with E-state index >= 15 is 0 Å². The molecule has 24 heavy (non-hydrogen) atoms. The second-order valence-electron chi connectivity index (χ2n) is 6.49. The lowest BCUT2D eigenvalue weighted by molar-refractivity contribution is 0.672. The van der Waals surface area contributed by atoms with Gasteiger partial charge in [0.25, 0.3) is 0 Å². The van der Waals surface area contributed by atoms with E-state index in [4.69, 9.17) is 11.5 Å². The molecule has 1 unspecified atom stereocenters. The van der Waals surface area contributed by atoms with Gasteiger partial charge >= 0.3 is 0 Å². The number of pyridine rings is 1. The number of hydrogen-bond acceptors (Lipinski definition) is 3. The second-order valence-corrected chi connectivity index (χ2v) is 6.49. The maximum Gasteiger partial charge on any atom is 0.211 e. The fourth-order valence-electron chi connectivity index (χ4n) is 3.43. The van der Waals surface area contributed by atoms with Crippen LogP contribution in [0.4, 0.5) is 0 Å². The van der Waals surface area contributed by atoms with Crippen molar-refractivity contribution in [1.29, 1.82) is 0 Å². The second kappa shape index (κ2) is 6.43. The molecule has 0 saturated carbocycles. The van der Waals surface area contributed by atoms with Gasteiger partial charge in [-0.05, 0) is 62.3 Å². The van der Waals surface area contributed by atoms with E-state index in [-0.39, 0.29) is 5.96 Å². The minimum atomic E-state index is -0.0283. The van der Waals surface area contributed by atoms with Crippen LogP contribution in [-0.2, 0) is 6.42 Å². The molecule has 1 aliphatic carbocycles. The lowest BCUT2D eigenvalue weighted by Gasteiger charge is -2.27. The minimum absolute atomic E-state index is 0.0283. The molecule has 3 rings (SSSR count). The highest BCUT2D eigenvalue weighted by atomic mass is 15.3. The zero-order chi connectivity index (χ0) is 17.3. The summed E-state index contributed by atoms with van der Waals surface area (Å²) in [7, 11) is 0. The minimum Gasteiger partial charge on any atom is -0.369 e. The standard InChI is InChI=1S/C19H23N5/c1-11-4-5-12(2)15(8-11)14-9-16-18(13(3)6-7-22-16)17(10-14)23-24-19(20)21/h4-8,14H,9-10H2,1-3H3,(H4,20,21,24).